The Morgan fingerprint density at radius 3 is 2.59 bits per heavy atom. The van der Waals surface area contributed by atoms with Crippen LogP contribution in [-0.2, 0) is 0 Å². The number of nitrogens with one attached hydrogen (secondary N) is 1. The molecule has 0 aliphatic carbocycles. The summed E-state index contributed by atoms with van der Waals surface area (Å²) in [5.41, 5.74) is 4.92. The van der Waals surface area contributed by atoms with Gasteiger partial charge < -0.3 is 9.73 Å². The highest BCUT2D eigenvalue weighted by atomic mass is 16.3. The van der Waals surface area contributed by atoms with E-state index in [0.29, 0.717) is 23.1 Å². The number of hydrogen-bond acceptors (Lipinski definition) is 4. The van der Waals surface area contributed by atoms with Crippen LogP contribution in [0.15, 0.2) is 71.4 Å². The highest BCUT2D eigenvalue weighted by Gasteiger charge is 2.11. The van der Waals surface area contributed by atoms with Gasteiger partial charge in [-0.2, -0.15) is 0 Å². The van der Waals surface area contributed by atoms with Crippen molar-refractivity contribution in [1.82, 2.24) is 9.97 Å². The van der Waals surface area contributed by atoms with Gasteiger partial charge in [-0.25, -0.2) is 4.98 Å². The minimum absolute atomic E-state index is 0.195. The lowest BCUT2D eigenvalue weighted by Gasteiger charge is -2.05. The number of amides is 1. The van der Waals surface area contributed by atoms with Gasteiger partial charge in [-0.1, -0.05) is 19.9 Å². The molecule has 4 aromatic rings. The number of pyridine rings is 1. The summed E-state index contributed by atoms with van der Waals surface area (Å²) in [6, 6.07) is 17.0. The van der Waals surface area contributed by atoms with E-state index in [4.69, 9.17) is 4.42 Å². The van der Waals surface area contributed by atoms with E-state index in [0.717, 1.165) is 16.7 Å². The van der Waals surface area contributed by atoms with Gasteiger partial charge in [-0.3, -0.25) is 9.78 Å². The van der Waals surface area contributed by atoms with Gasteiger partial charge in [-0.15, -0.1) is 0 Å². The Bertz CT molecular complexity index is 1080. The quantitative estimate of drug-likeness (QED) is 0.540. The number of rotatable bonds is 4. The summed E-state index contributed by atoms with van der Waals surface area (Å²) in [7, 11) is 0. The summed E-state index contributed by atoms with van der Waals surface area (Å²) in [5.74, 6) is 0.812. The Balaban J connectivity index is 1.55. The van der Waals surface area contributed by atoms with E-state index in [9.17, 15) is 4.79 Å². The molecule has 1 N–H and O–H groups in total. The molecule has 0 saturated heterocycles. The van der Waals surface area contributed by atoms with E-state index >= 15 is 0 Å². The van der Waals surface area contributed by atoms with Crippen molar-refractivity contribution in [2.45, 2.75) is 19.8 Å². The second-order valence-electron chi connectivity index (χ2n) is 6.67. The average Bonchev–Trinajstić information content (AvgIpc) is 3.12. The van der Waals surface area contributed by atoms with Crippen LogP contribution < -0.4 is 5.32 Å². The number of fused-ring (bicyclic) bond motifs is 1. The highest BCUT2D eigenvalue weighted by molar-refractivity contribution is 6.04. The van der Waals surface area contributed by atoms with E-state index < -0.39 is 0 Å². The maximum Gasteiger partial charge on any atom is 0.257 e. The number of carbonyl (C=O) groups excluding carboxylic acids is 1. The lowest BCUT2D eigenvalue weighted by atomic mass is 10.0. The van der Waals surface area contributed by atoms with Crippen molar-refractivity contribution >= 4 is 22.7 Å². The Kier molecular flexibility index (Phi) is 4.42. The molecule has 5 heteroatoms. The molecule has 5 nitrogen and oxygen atoms in total. The minimum atomic E-state index is -0.195. The van der Waals surface area contributed by atoms with Crippen molar-refractivity contribution in [3.63, 3.8) is 0 Å². The van der Waals surface area contributed by atoms with E-state index in [2.05, 4.69) is 41.3 Å². The largest absolute Gasteiger partial charge is 0.436 e. The second kappa shape index (κ2) is 7.03. The van der Waals surface area contributed by atoms with E-state index in [1.165, 1.54) is 11.8 Å². The third-order valence-corrected chi connectivity index (χ3v) is 4.39. The molecule has 0 spiro atoms. The lowest BCUT2D eigenvalue weighted by Crippen LogP contribution is -2.11. The fraction of sp³-hybridized carbons (Fsp3) is 0.136. The Labute approximate surface area is 157 Å². The van der Waals surface area contributed by atoms with Gasteiger partial charge in [0.1, 0.15) is 5.52 Å². The third kappa shape index (κ3) is 3.58. The Morgan fingerprint density at radius 1 is 1.07 bits per heavy atom. The van der Waals surface area contributed by atoms with Crippen LogP contribution in [0, 0.1) is 0 Å². The first kappa shape index (κ1) is 17.0. The van der Waals surface area contributed by atoms with E-state index in [-0.39, 0.29) is 5.91 Å². The molecule has 2 heterocycles. The summed E-state index contributed by atoms with van der Waals surface area (Å²) in [5, 5.41) is 2.85. The Hall–Kier alpha value is -3.47. The van der Waals surface area contributed by atoms with Crippen LogP contribution >= 0.6 is 0 Å². The van der Waals surface area contributed by atoms with Crippen LogP contribution in [0.25, 0.3) is 22.6 Å². The Morgan fingerprint density at radius 2 is 1.89 bits per heavy atom. The molecule has 0 unspecified atom stereocenters. The zero-order valence-electron chi connectivity index (χ0n) is 15.1. The maximum absolute atomic E-state index is 12.2. The van der Waals surface area contributed by atoms with Crippen LogP contribution in [0.4, 0.5) is 5.69 Å². The average molecular weight is 357 g/mol. The van der Waals surface area contributed by atoms with E-state index in [1.807, 2.05) is 30.3 Å². The normalized spacial score (nSPS) is 11.1. The van der Waals surface area contributed by atoms with Crippen molar-refractivity contribution in [3.05, 3.63) is 78.1 Å². The smallest absolute Gasteiger partial charge is 0.257 e. The predicted octanol–water partition coefficient (Wildman–Crippen LogP) is 5.27. The molecule has 0 atom stereocenters. The van der Waals surface area contributed by atoms with Crippen molar-refractivity contribution in [3.8, 4) is 11.5 Å². The third-order valence-electron chi connectivity index (χ3n) is 4.39. The molecule has 134 valence electrons. The zero-order valence-corrected chi connectivity index (χ0v) is 15.1. The molecule has 4 rings (SSSR count). The van der Waals surface area contributed by atoms with Crippen LogP contribution in [0.2, 0.25) is 0 Å². The first-order valence-electron chi connectivity index (χ1n) is 8.82. The lowest BCUT2D eigenvalue weighted by molar-refractivity contribution is 0.102. The van der Waals surface area contributed by atoms with E-state index in [1.54, 1.807) is 18.3 Å². The van der Waals surface area contributed by atoms with Crippen LogP contribution in [-0.4, -0.2) is 15.9 Å². The number of anilines is 1. The highest BCUT2D eigenvalue weighted by Crippen LogP contribution is 2.27. The number of oxazole rings is 1. The molecule has 0 aliphatic heterocycles. The number of nitrogens with zero attached hydrogens (tertiary/aromatic N) is 2. The number of carbonyl (C=O) groups is 1. The molecule has 0 saturated carbocycles. The van der Waals surface area contributed by atoms with Crippen molar-refractivity contribution in [2.75, 3.05) is 5.32 Å². The predicted molar refractivity (Wildman–Crippen MR) is 106 cm³/mol. The SMILES string of the molecule is CC(C)c1ccc2oc(-c3ccc(NC(=O)c4cccnc4)cc3)nc2c1. The molecule has 27 heavy (non-hydrogen) atoms. The number of aromatic nitrogens is 2. The van der Waals surface area contributed by atoms with Crippen molar-refractivity contribution in [2.24, 2.45) is 0 Å². The molecule has 1 amide bonds. The van der Waals surface area contributed by atoms with Crippen molar-refractivity contribution < 1.29 is 9.21 Å². The molecular formula is C22H19N3O2. The maximum atomic E-state index is 12.2. The summed E-state index contributed by atoms with van der Waals surface area (Å²) < 4.78 is 5.87. The summed E-state index contributed by atoms with van der Waals surface area (Å²) in [6.07, 6.45) is 3.17. The number of benzene rings is 2. The van der Waals surface area contributed by atoms with Crippen molar-refractivity contribution in [1.29, 1.82) is 0 Å². The zero-order chi connectivity index (χ0) is 18.8. The molecule has 0 fully saturated rings. The fourth-order valence-electron chi connectivity index (χ4n) is 2.82. The van der Waals surface area contributed by atoms with Crippen LogP contribution in [0.5, 0.6) is 0 Å². The van der Waals surface area contributed by atoms with Gasteiger partial charge in [0.15, 0.2) is 5.58 Å². The molecule has 2 aromatic heterocycles. The van der Waals surface area contributed by atoms with Crippen LogP contribution in [0.3, 0.4) is 0 Å². The molecule has 0 aliphatic rings. The van der Waals surface area contributed by atoms with Gasteiger partial charge in [0, 0.05) is 23.6 Å². The topological polar surface area (TPSA) is 68.0 Å². The first-order valence-corrected chi connectivity index (χ1v) is 8.82. The van der Waals surface area contributed by atoms with Crippen LogP contribution in [0.1, 0.15) is 35.7 Å². The fourth-order valence-corrected chi connectivity index (χ4v) is 2.82. The molecule has 0 bridgehead atoms. The second-order valence-corrected chi connectivity index (χ2v) is 6.67. The number of hydrogen-bond donors (Lipinski definition) is 1. The minimum Gasteiger partial charge on any atom is -0.436 e. The molecular weight excluding hydrogens is 338 g/mol. The summed E-state index contributed by atoms with van der Waals surface area (Å²) in [4.78, 5) is 20.8. The van der Waals surface area contributed by atoms with Gasteiger partial charge >= 0.3 is 0 Å². The first-order chi connectivity index (χ1) is 13.1. The van der Waals surface area contributed by atoms with Gasteiger partial charge in [0.05, 0.1) is 5.56 Å². The standard InChI is InChI=1S/C22H19N3O2/c1-14(2)16-7-10-20-19(12-16)25-22(27-20)15-5-8-18(9-6-15)24-21(26)17-4-3-11-23-13-17/h3-14H,1-2H3,(H,24,26). The van der Waals surface area contributed by atoms with Gasteiger partial charge in [0.25, 0.3) is 5.91 Å². The summed E-state index contributed by atoms with van der Waals surface area (Å²) in [6.45, 7) is 4.31. The monoisotopic (exact) mass is 357 g/mol. The molecule has 2 aromatic carbocycles. The molecule has 0 radical (unpaired) electrons. The van der Waals surface area contributed by atoms with Gasteiger partial charge in [0.2, 0.25) is 5.89 Å². The summed E-state index contributed by atoms with van der Waals surface area (Å²) >= 11 is 0. The van der Waals surface area contributed by atoms with Gasteiger partial charge in [-0.05, 0) is 60.0 Å².